The van der Waals surface area contributed by atoms with Crippen LogP contribution in [0, 0.1) is 35.0 Å². The van der Waals surface area contributed by atoms with Gasteiger partial charge in [0.15, 0.2) is 0 Å². The first-order valence-corrected chi connectivity index (χ1v) is 9.93. The molecule has 0 amide bonds. The standard InChI is InChI=1S/C22H30O3/c1-14-13-20-18-8-7-15-5-3-4-6-16(15)17(18)9-11-22(20,2)19(14)10-12-25-21(23)24/h5,10,12,16-20H,1,3-4,6-9,11,13H2,2H3,(H,23,24)/b12-10-/t16-,17+,18+,19+,20-,22+/m0/s1. The number of carbonyl (C=O) groups is 1. The predicted octanol–water partition coefficient (Wildman–Crippen LogP) is 5.94. The van der Waals surface area contributed by atoms with Crippen molar-refractivity contribution in [3.8, 4) is 0 Å². The second-order valence-corrected chi connectivity index (χ2v) is 8.89. The fourth-order valence-electron chi connectivity index (χ4n) is 6.83. The minimum Gasteiger partial charge on any atom is -0.449 e. The minimum atomic E-state index is -1.24. The third kappa shape index (κ3) is 2.76. The Kier molecular flexibility index (Phi) is 4.29. The lowest BCUT2D eigenvalue weighted by atomic mass is 9.51. The van der Waals surface area contributed by atoms with Gasteiger partial charge in [0.1, 0.15) is 0 Å². The number of ether oxygens (including phenoxy) is 1. The second kappa shape index (κ2) is 6.34. The molecule has 3 saturated carbocycles. The molecular weight excluding hydrogens is 312 g/mol. The first kappa shape index (κ1) is 16.9. The zero-order valence-corrected chi connectivity index (χ0v) is 15.2. The van der Waals surface area contributed by atoms with E-state index >= 15 is 0 Å². The van der Waals surface area contributed by atoms with E-state index in [1.165, 1.54) is 56.8 Å². The molecule has 6 atom stereocenters. The van der Waals surface area contributed by atoms with Crippen LogP contribution >= 0.6 is 0 Å². The summed E-state index contributed by atoms with van der Waals surface area (Å²) in [5, 5.41) is 8.71. The molecule has 25 heavy (non-hydrogen) atoms. The monoisotopic (exact) mass is 342 g/mol. The van der Waals surface area contributed by atoms with Gasteiger partial charge < -0.3 is 9.84 Å². The Labute approximate surface area is 150 Å². The van der Waals surface area contributed by atoms with E-state index in [0.29, 0.717) is 5.92 Å². The molecule has 3 heteroatoms. The van der Waals surface area contributed by atoms with Gasteiger partial charge in [0, 0.05) is 5.92 Å². The van der Waals surface area contributed by atoms with Crippen LogP contribution in [-0.2, 0) is 4.74 Å². The third-order valence-electron chi connectivity index (χ3n) is 7.89. The van der Waals surface area contributed by atoms with Crippen molar-refractivity contribution in [2.24, 2.45) is 35.0 Å². The highest BCUT2D eigenvalue weighted by Gasteiger charge is 2.56. The summed E-state index contributed by atoms with van der Waals surface area (Å²) in [5.41, 5.74) is 3.24. The molecule has 4 aliphatic rings. The zero-order chi connectivity index (χ0) is 17.6. The maximum absolute atomic E-state index is 10.6. The van der Waals surface area contributed by atoms with Gasteiger partial charge in [-0.05, 0) is 86.5 Å². The normalized spacial score (nSPS) is 43.2. The summed E-state index contributed by atoms with van der Waals surface area (Å²) in [5.74, 6) is 3.47. The molecule has 0 radical (unpaired) electrons. The molecule has 0 aromatic carbocycles. The lowest BCUT2D eigenvalue weighted by Crippen LogP contribution is -2.45. The van der Waals surface area contributed by atoms with Crippen molar-refractivity contribution in [2.75, 3.05) is 0 Å². The van der Waals surface area contributed by atoms with Gasteiger partial charge in [-0.3, -0.25) is 0 Å². The van der Waals surface area contributed by atoms with Crippen LogP contribution < -0.4 is 0 Å². The molecule has 0 spiro atoms. The Balaban J connectivity index is 1.57. The zero-order valence-electron chi connectivity index (χ0n) is 15.2. The van der Waals surface area contributed by atoms with Gasteiger partial charge >= 0.3 is 6.16 Å². The molecular formula is C22H30O3. The van der Waals surface area contributed by atoms with Crippen LogP contribution in [0.1, 0.15) is 58.3 Å². The maximum atomic E-state index is 10.6. The Bertz CT molecular complexity index is 631. The summed E-state index contributed by atoms with van der Waals surface area (Å²) < 4.78 is 4.64. The van der Waals surface area contributed by atoms with Crippen molar-refractivity contribution in [2.45, 2.75) is 58.3 Å². The summed E-state index contributed by atoms with van der Waals surface area (Å²) in [7, 11) is 0. The second-order valence-electron chi connectivity index (χ2n) is 8.89. The molecule has 0 bridgehead atoms. The highest BCUT2D eigenvalue weighted by Crippen LogP contribution is 2.65. The Morgan fingerprint density at radius 2 is 2.20 bits per heavy atom. The van der Waals surface area contributed by atoms with Gasteiger partial charge in [-0.2, -0.15) is 0 Å². The van der Waals surface area contributed by atoms with E-state index in [-0.39, 0.29) is 11.3 Å². The molecule has 136 valence electrons. The van der Waals surface area contributed by atoms with Crippen LogP contribution in [-0.4, -0.2) is 11.3 Å². The number of fused-ring (bicyclic) bond motifs is 5. The largest absolute Gasteiger partial charge is 0.510 e. The topological polar surface area (TPSA) is 46.5 Å². The molecule has 1 N–H and O–H groups in total. The molecule has 3 fully saturated rings. The summed E-state index contributed by atoms with van der Waals surface area (Å²) in [6, 6.07) is 0. The van der Waals surface area contributed by atoms with Crippen LogP contribution in [0.15, 0.2) is 36.1 Å². The molecule has 0 aromatic rings. The lowest BCUT2D eigenvalue weighted by molar-refractivity contribution is -0.0135. The van der Waals surface area contributed by atoms with Crippen LogP contribution in [0.2, 0.25) is 0 Å². The van der Waals surface area contributed by atoms with Crippen LogP contribution in [0.5, 0.6) is 0 Å². The van der Waals surface area contributed by atoms with E-state index < -0.39 is 6.16 Å². The Morgan fingerprint density at radius 1 is 1.36 bits per heavy atom. The van der Waals surface area contributed by atoms with Gasteiger partial charge in [0.2, 0.25) is 0 Å². The molecule has 3 nitrogen and oxygen atoms in total. The third-order valence-corrected chi connectivity index (χ3v) is 7.89. The first-order chi connectivity index (χ1) is 12.0. The van der Waals surface area contributed by atoms with E-state index in [2.05, 4.69) is 24.3 Å². The molecule has 0 heterocycles. The lowest BCUT2D eigenvalue weighted by Gasteiger charge is -2.53. The van der Waals surface area contributed by atoms with Crippen LogP contribution in [0.4, 0.5) is 4.79 Å². The van der Waals surface area contributed by atoms with Gasteiger partial charge in [-0.25, -0.2) is 4.79 Å². The summed E-state index contributed by atoms with van der Waals surface area (Å²) in [6.07, 6.45) is 14.9. The smallest absolute Gasteiger partial charge is 0.449 e. The van der Waals surface area contributed by atoms with Crippen molar-refractivity contribution in [1.29, 1.82) is 0 Å². The van der Waals surface area contributed by atoms with E-state index in [1.807, 2.05) is 6.08 Å². The molecule has 4 rings (SSSR count). The van der Waals surface area contributed by atoms with E-state index in [1.54, 1.807) is 5.57 Å². The Hall–Kier alpha value is -1.51. The average molecular weight is 342 g/mol. The van der Waals surface area contributed by atoms with Crippen molar-refractivity contribution in [3.05, 3.63) is 36.1 Å². The van der Waals surface area contributed by atoms with E-state index in [0.717, 1.165) is 24.2 Å². The fraction of sp³-hybridized carbons (Fsp3) is 0.682. The van der Waals surface area contributed by atoms with Crippen molar-refractivity contribution in [3.63, 3.8) is 0 Å². The highest BCUT2D eigenvalue weighted by molar-refractivity contribution is 5.57. The summed E-state index contributed by atoms with van der Waals surface area (Å²) >= 11 is 0. The van der Waals surface area contributed by atoms with Gasteiger partial charge in [-0.1, -0.05) is 30.7 Å². The minimum absolute atomic E-state index is 0.215. The molecule has 4 aliphatic carbocycles. The quantitative estimate of drug-likeness (QED) is 0.384. The van der Waals surface area contributed by atoms with Crippen molar-refractivity contribution < 1.29 is 14.6 Å². The average Bonchev–Trinajstić information content (AvgIpc) is 2.85. The summed E-state index contributed by atoms with van der Waals surface area (Å²) in [6.45, 7) is 6.77. The number of hydrogen-bond acceptors (Lipinski definition) is 2. The van der Waals surface area contributed by atoms with Gasteiger partial charge in [0.05, 0.1) is 6.26 Å². The van der Waals surface area contributed by atoms with E-state index in [4.69, 9.17) is 5.11 Å². The Morgan fingerprint density at radius 3 is 3.00 bits per heavy atom. The number of hydrogen-bond donors (Lipinski definition) is 1. The fourth-order valence-corrected chi connectivity index (χ4v) is 6.83. The first-order valence-electron chi connectivity index (χ1n) is 9.93. The predicted molar refractivity (Wildman–Crippen MR) is 98.0 cm³/mol. The highest BCUT2D eigenvalue weighted by atomic mass is 16.7. The van der Waals surface area contributed by atoms with Gasteiger partial charge in [-0.15, -0.1) is 0 Å². The molecule has 0 aliphatic heterocycles. The summed E-state index contributed by atoms with van der Waals surface area (Å²) in [4.78, 5) is 10.6. The number of rotatable bonds is 2. The maximum Gasteiger partial charge on any atom is 0.510 e. The van der Waals surface area contributed by atoms with Gasteiger partial charge in [0.25, 0.3) is 0 Å². The van der Waals surface area contributed by atoms with Crippen LogP contribution in [0.3, 0.4) is 0 Å². The number of carboxylic acid groups (broad SMARTS) is 1. The molecule has 0 aromatic heterocycles. The van der Waals surface area contributed by atoms with E-state index in [9.17, 15) is 4.79 Å². The molecule has 0 unspecified atom stereocenters. The SMILES string of the molecule is C=C1C[C@H]2[C@@H]3CCC4=CCCC[C@@H]4[C@H]3CC[C@]2(C)[C@@H]1/C=C\OC(=O)O. The van der Waals surface area contributed by atoms with Crippen molar-refractivity contribution in [1.82, 2.24) is 0 Å². The van der Waals surface area contributed by atoms with Crippen molar-refractivity contribution >= 4 is 6.16 Å². The number of allylic oxidation sites excluding steroid dienone is 4. The van der Waals surface area contributed by atoms with Crippen LogP contribution in [0.25, 0.3) is 0 Å². The molecule has 0 saturated heterocycles.